The number of nitrogens with one attached hydrogen (secondary N) is 1. The van der Waals surface area contributed by atoms with E-state index in [1.165, 1.54) is 0 Å². The lowest BCUT2D eigenvalue weighted by atomic mass is 10.2. The van der Waals surface area contributed by atoms with E-state index in [2.05, 4.69) is 9.72 Å². The molecule has 0 fully saturated rings. The zero-order valence-corrected chi connectivity index (χ0v) is 9.02. The molecule has 17 heavy (non-hydrogen) atoms. The highest BCUT2D eigenvalue weighted by Crippen LogP contribution is 2.25. The summed E-state index contributed by atoms with van der Waals surface area (Å²) in [7, 11) is 0. The van der Waals surface area contributed by atoms with Crippen molar-refractivity contribution in [2.45, 2.75) is 18.7 Å². The molecular formula is C9H6ClF3N2O2. The molecular weight excluding hydrogens is 261 g/mol. The van der Waals surface area contributed by atoms with Crippen molar-refractivity contribution in [1.29, 1.82) is 5.26 Å². The first-order valence-corrected chi connectivity index (χ1v) is 4.84. The first-order chi connectivity index (χ1) is 7.87. The molecule has 0 aliphatic carbocycles. The number of ether oxygens (including phenoxy) is 1. The molecule has 8 heteroatoms. The molecule has 1 heterocycles. The van der Waals surface area contributed by atoms with Gasteiger partial charge in [-0.1, -0.05) is 0 Å². The summed E-state index contributed by atoms with van der Waals surface area (Å²) >= 11 is 5.38. The minimum absolute atomic E-state index is 0.0624. The fourth-order valence-corrected chi connectivity index (χ4v) is 1.31. The molecule has 1 rings (SSSR count). The molecule has 4 nitrogen and oxygen atoms in total. The van der Waals surface area contributed by atoms with Crippen molar-refractivity contribution in [2.75, 3.05) is 0 Å². The van der Waals surface area contributed by atoms with E-state index < -0.39 is 24.1 Å². The highest BCUT2D eigenvalue weighted by molar-refractivity contribution is 6.17. The van der Waals surface area contributed by atoms with Gasteiger partial charge in [-0.05, 0) is 6.07 Å². The molecule has 92 valence electrons. The monoisotopic (exact) mass is 266 g/mol. The van der Waals surface area contributed by atoms with Gasteiger partial charge in [0, 0.05) is 5.56 Å². The molecule has 0 aliphatic heterocycles. The van der Waals surface area contributed by atoms with E-state index in [0.717, 1.165) is 6.07 Å². The molecule has 0 spiro atoms. The van der Waals surface area contributed by atoms with Crippen molar-refractivity contribution < 1.29 is 17.9 Å². The number of hydrogen-bond donors (Lipinski definition) is 1. The number of hydrogen-bond acceptors (Lipinski definition) is 3. The standard InChI is InChI=1S/C9H6ClF3N2O2/c10-4-5-3-7(17-9(11,12)13)6(1-2-14)15-8(5)16/h3H,1,4H2,(H,15,16). The summed E-state index contributed by atoms with van der Waals surface area (Å²) in [6.07, 6.45) is -5.30. The molecule has 0 atom stereocenters. The predicted molar refractivity (Wildman–Crippen MR) is 52.6 cm³/mol. The van der Waals surface area contributed by atoms with Crippen LogP contribution in [-0.4, -0.2) is 11.3 Å². The molecule has 0 unspecified atom stereocenters. The summed E-state index contributed by atoms with van der Waals surface area (Å²) in [5.41, 5.74) is -0.934. The quantitative estimate of drug-likeness (QED) is 0.852. The third kappa shape index (κ3) is 3.67. The number of halogens is 4. The fourth-order valence-electron chi connectivity index (χ4n) is 1.12. The van der Waals surface area contributed by atoms with Crippen LogP contribution in [0.5, 0.6) is 5.75 Å². The van der Waals surface area contributed by atoms with E-state index in [1.807, 2.05) is 0 Å². The Kier molecular flexibility index (Phi) is 4.02. The summed E-state index contributed by atoms with van der Waals surface area (Å²) in [6.45, 7) is 0. The van der Waals surface area contributed by atoms with Crippen LogP contribution in [-0.2, 0) is 12.3 Å². The van der Waals surface area contributed by atoms with Gasteiger partial charge in [0.15, 0.2) is 0 Å². The van der Waals surface area contributed by atoms with Crippen LogP contribution in [0.25, 0.3) is 0 Å². The van der Waals surface area contributed by atoms with Crippen molar-refractivity contribution in [3.05, 3.63) is 27.7 Å². The van der Waals surface area contributed by atoms with E-state index in [1.54, 1.807) is 6.07 Å². The van der Waals surface area contributed by atoms with Crippen molar-refractivity contribution in [2.24, 2.45) is 0 Å². The van der Waals surface area contributed by atoms with E-state index in [-0.39, 0.29) is 17.1 Å². The first kappa shape index (κ1) is 13.4. The molecule has 0 amide bonds. The van der Waals surface area contributed by atoms with E-state index in [0.29, 0.717) is 0 Å². The molecule has 1 aromatic rings. The van der Waals surface area contributed by atoms with Crippen molar-refractivity contribution in [3.8, 4) is 11.8 Å². The van der Waals surface area contributed by atoms with Crippen molar-refractivity contribution in [3.63, 3.8) is 0 Å². The van der Waals surface area contributed by atoms with Crippen LogP contribution in [0.1, 0.15) is 11.3 Å². The largest absolute Gasteiger partial charge is 0.573 e. The molecule has 0 saturated carbocycles. The predicted octanol–water partition coefficient (Wildman–Crippen LogP) is 2.08. The van der Waals surface area contributed by atoms with Crippen LogP contribution < -0.4 is 10.3 Å². The topological polar surface area (TPSA) is 65.9 Å². The van der Waals surface area contributed by atoms with Crippen LogP contribution in [0.3, 0.4) is 0 Å². The normalized spacial score (nSPS) is 11.0. The molecule has 0 bridgehead atoms. The third-order valence-electron chi connectivity index (χ3n) is 1.78. The maximum absolute atomic E-state index is 12.1. The highest BCUT2D eigenvalue weighted by Gasteiger charge is 2.32. The number of H-pyrrole nitrogens is 1. The number of rotatable bonds is 3. The first-order valence-electron chi connectivity index (χ1n) is 4.31. The Labute approximate surface area is 98.6 Å². The summed E-state index contributed by atoms with van der Waals surface area (Å²) < 4.78 is 39.9. The Morgan fingerprint density at radius 3 is 2.65 bits per heavy atom. The zero-order valence-electron chi connectivity index (χ0n) is 8.27. The average Bonchev–Trinajstić information content (AvgIpc) is 2.20. The Bertz CT molecular complexity index is 504. The molecule has 0 aromatic carbocycles. The number of aromatic amines is 1. The summed E-state index contributed by atoms with van der Waals surface area (Å²) in [4.78, 5) is 13.4. The zero-order chi connectivity index (χ0) is 13.1. The van der Waals surface area contributed by atoms with Crippen molar-refractivity contribution in [1.82, 2.24) is 4.98 Å². The van der Waals surface area contributed by atoms with Gasteiger partial charge in [0.25, 0.3) is 5.56 Å². The van der Waals surface area contributed by atoms with Crippen LogP contribution in [0.4, 0.5) is 13.2 Å². The second kappa shape index (κ2) is 5.10. The lowest BCUT2D eigenvalue weighted by molar-refractivity contribution is -0.275. The van der Waals surface area contributed by atoms with Gasteiger partial charge in [0.2, 0.25) is 0 Å². The lowest BCUT2D eigenvalue weighted by Gasteiger charge is -2.12. The average molecular weight is 267 g/mol. The smallest absolute Gasteiger partial charge is 0.404 e. The molecule has 0 radical (unpaired) electrons. The van der Waals surface area contributed by atoms with Gasteiger partial charge in [-0.25, -0.2) is 0 Å². The second-order valence-electron chi connectivity index (χ2n) is 2.98. The van der Waals surface area contributed by atoms with Gasteiger partial charge in [-0.15, -0.1) is 24.8 Å². The van der Waals surface area contributed by atoms with Crippen molar-refractivity contribution >= 4 is 11.6 Å². The van der Waals surface area contributed by atoms with E-state index in [4.69, 9.17) is 16.9 Å². The SMILES string of the molecule is N#CCc1[nH]c(=O)c(CCl)cc1OC(F)(F)F. The summed E-state index contributed by atoms with van der Waals surface area (Å²) in [5.74, 6) is -0.870. The summed E-state index contributed by atoms with van der Waals surface area (Å²) in [6, 6.07) is 2.51. The van der Waals surface area contributed by atoms with Crippen LogP contribution in [0.2, 0.25) is 0 Å². The molecule has 0 aliphatic rings. The van der Waals surface area contributed by atoms with Crippen LogP contribution >= 0.6 is 11.6 Å². The van der Waals surface area contributed by atoms with Crippen LogP contribution in [0, 0.1) is 11.3 Å². The van der Waals surface area contributed by atoms with Crippen LogP contribution in [0.15, 0.2) is 10.9 Å². The fraction of sp³-hybridized carbons (Fsp3) is 0.333. The third-order valence-corrected chi connectivity index (χ3v) is 2.07. The molecule has 0 saturated heterocycles. The maximum Gasteiger partial charge on any atom is 0.573 e. The van der Waals surface area contributed by atoms with Gasteiger partial charge >= 0.3 is 6.36 Å². The number of aromatic nitrogens is 1. The minimum Gasteiger partial charge on any atom is -0.404 e. The second-order valence-corrected chi connectivity index (χ2v) is 3.25. The Morgan fingerprint density at radius 2 is 2.18 bits per heavy atom. The molecule has 1 N–H and O–H groups in total. The van der Waals surface area contributed by atoms with E-state index >= 15 is 0 Å². The number of alkyl halides is 4. The van der Waals surface area contributed by atoms with Gasteiger partial charge in [-0.3, -0.25) is 4.79 Å². The van der Waals surface area contributed by atoms with Gasteiger partial charge in [-0.2, -0.15) is 5.26 Å². The maximum atomic E-state index is 12.1. The van der Waals surface area contributed by atoms with Gasteiger partial charge in [0.1, 0.15) is 5.75 Å². The number of nitrogens with zero attached hydrogens (tertiary/aromatic N) is 1. The highest BCUT2D eigenvalue weighted by atomic mass is 35.5. The number of pyridine rings is 1. The number of nitriles is 1. The van der Waals surface area contributed by atoms with Gasteiger partial charge in [0.05, 0.1) is 24.1 Å². The van der Waals surface area contributed by atoms with E-state index in [9.17, 15) is 18.0 Å². The Hall–Kier alpha value is -1.68. The minimum atomic E-state index is -4.90. The Morgan fingerprint density at radius 1 is 1.53 bits per heavy atom. The molecule has 1 aromatic heterocycles. The lowest BCUT2D eigenvalue weighted by Crippen LogP contribution is -2.21. The van der Waals surface area contributed by atoms with Gasteiger partial charge < -0.3 is 9.72 Å². The Balaban J connectivity index is 3.25. The summed E-state index contributed by atoms with van der Waals surface area (Å²) in [5, 5.41) is 8.42.